The van der Waals surface area contributed by atoms with Gasteiger partial charge in [0.25, 0.3) is 0 Å². The van der Waals surface area contributed by atoms with Gasteiger partial charge in [0.1, 0.15) is 0 Å². The van der Waals surface area contributed by atoms with E-state index in [1.54, 1.807) is 0 Å². The topological polar surface area (TPSA) is 12.4 Å². The van der Waals surface area contributed by atoms with Crippen LogP contribution in [0.5, 0.6) is 0 Å². The third-order valence-corrected chi connectivity index (χ3v) is 2.01. The molecule has 1 rings (SSSR count). The van der Waals surface area contributed by atoms with Gasteiger partial charge in [-0.05, 0) is 0 Å². The zero-order chi connectivity index (χ0) is 3.54. The van der Waals surface area contributed by atoms with Crippen LogP contribution in [0.25, 0.3) is 0 Å². The Morgan fingerprint density at radius 1 is 1.60 bits per heavy atom. The molecule has 0 bridgehead atoms. The average molecular weight is 175 g/mol. The summed E-state index contributed by atoms with van der Waals surface area (Å²) in [6.07, 6.45) is 3.88. The van der Waals surface area contributed by atoms with Gasteiger partial charge < -0.3 is 0 Å². The van der Waals surface area contributed by atoms with Gasteiger partial charge in [0.05, 0.1) is 0 Å². The molecule has 2 heteroatoms. The third kappa shape index (κ3) is 0.768. The molecular weight excluding hydrogens is 172 g/mol. The molecule has 0 aromatic carbocycles. The maximum absolute atomic E-state index is 4.00. The zero-order valence-corrected chi connectivity index (χ0v) is 5.18. The minimum atomic E-state index is -0.144. The van der Waals surface area contributed by atoms with Crippen LogP contribution >= 0.6 is 0 Å². The molecule has 1 heterocycles. The summed E-state index contributed by atoms with van der Waals surface area (Å²) in [6.45, 7) is 0. The molecule has 0 aromatic heterocycles. The van der Waals surface area contributed by atoms with Crippen LogP contribution < -0.4 is 0 Å². The molecule has 0 unspecified atom stereocenters. The predicted molar refractivity (Wildman–Crippen MR) is 23.4 cm³/mol. The molecule has 0 amide bonds. The van der Waals surface area contributed by atoms with Gasteiger partial charge in [-0.1, -0.05) is 0 Å². The summed E-state index contributed by atoms with van der Waals surface area (Å²) < 4.78 is 6.16. The van der Waals surface area contributed by atoms with Gasteiger partial charge in [-0.3, -0.25) is 0 Å². The Morgan fingerprint density at radius 3 is 2.80 bits per heavy atom. The van der Waals surface area contributed by atoms with Gasteiger partial charge in [-0.25, -0.2) is 0 Å². The van der Waals surface area contributed by atoms with Crippen LogP contribution in [0.3, 0.4) is 0 Å². The van der Waals surface area contributed by atoms with Crippen LogP contribution in [-0.2, 0) is 0 Å². The molecule has 0 spiro atoms. The quantitative estimate of drug-likeness (QED) is 0.466. The van der Waals surface area contributed by atoms with Crippen LogP contribution in [0.1, 0.15) is 0 Å². The summed E-state index contributed by atoms with van der Waals surface area (Å²) in [5, 5.41) is 0. The van der Waals surface area contributed by atoms with Gasteiger partial charge in [0, 0.05) is 0 Å². The van der Waals surface area contributed by atoms with E-state index in [4.69, 9.17) is 0 Å². The number of hydrogen-bond donors (Lipinski definition) is 0. The van der Waals surface area contributed by atoms with Crippen molar-refractivity contribution in [2.24, 2.45) is 3.15 Å². The van der Waals surface area contributed by atoms with Gasteiger partial charge in [0.2, 0.25) is 0 Å². The first kappa shape index (κ1) is 3.42. The fourth-order valence-corrected chi connectivity index (χ4v) is 1.29. The summed E-state index contributed by atoms with van der Waals surface area (Å²) >= 11 is -0.144. The molecule has 1 nitrogen and oxygen atoms in total. The molecule has 1 aliphatic heterocycles. The Bertz CT molecular complexity index is 65.0. The van der Waals surface area contributed by atoms with Gasteiger partial charge >= 0.3 is 41.4 Å². The summed E-state index contributed by atoms with van der Waals surface area (Å²) in [4.78, 5) is 0. The van der Waals surface area contributed by atoms with E-state index in [-0.39, 0.29) is 21.9 Å². The average Bonchev–Trinajstić information content (AvgIpc) is 1.76. The van der Waals surface area contributed by atoms with Crippen molar-refractivity contribution in [3.8, 4) is 0 Å². The van der Waals surface area contributed by atoms with Crippen molar-refractivity contribution in [3.05, 3.63) is 10.1 Å². The fraction of sp³-hybridized carbons (Fsp3) is 0. The monoisotopic (exact) mass is 174 g/mol. The second kappa shape index (κ2) is 1.61. The third-order valence-electron chi connectivity index (χ3n) is 0.372. The van der Waals surface area contributed by atoms with Gasteiger partial charge in [-0.15, -0.1) is 0 Å². The second-order valence-electron chi connectivity index (χ2n) is 0.722. The van der Waals surface area contributed by atoms with E-state index < -0.39 is 0 Å². The number of hydrogen-bond acceptors (Lipinski definition) is 1. The number of rotatable bonds is 0. The van der Waals surface area contributed by atoms with Crippen molar-refractivity contribution in [2.45, 2.75) is 0 Å². The van der Waals surface area contributed by atoms with Crippen LogP contribution in [0, 0.1) is 0 Å². The van der Waals surface area contributed by atoms with Gasteiger partial charge in [0.15, 0.2) is 0 Å². The molecule has 0 saturated carbocycles. The van der Waals surface area contributed by atoms with E-state index >= 15 is 0 Å². The first-order valence-corrected chi connectivity index (χ1v) is 4.00. The Labute approximate surface area is 41.7 Å². The van der Waals surface area contributed by atoms with Crippen molar-refractivity contribution in [3.63, 3.8) is 0 Å². The fourth-order valence-electron chi connectivity index (χ4n) is 0.192. The van der Waals surface area contributed by atoms with Crippen molar-refractivity contribution in [2.75, 3.05) is 0 Å². The van der Waals surface area contributed by atoms with Gasteiger partial charge in [-0.2, -0.15) is 0 Å². The van der Waals surface area contributed by atoms with Crippen LogP contribution in [0.2, 0.25) is 0 Å². The summed E-state index contributed by atoms with van der Waals surface area (Å²) in [5.74, 6) is 0. The van der Waals surface area contributed by atoms with E-state index in [9.17, 15) is 0 Å². The molecule has 0 aliphatic carbocycles. The Balaban J connectivity index is 2.61. The standard InChI is InChI=1S/C3H3N.Sb/c1-2-3-4;/h1-3H;/q-1;+1. The summed E-state index contributed by atoms with van der Waals surface area (Å²) in [6, 6.07) is 0. The zero-order valence-electron chi connectivity index (χ0n) is 2.63. The van der Waals surface area contributed by atoms with Crippen molar-refractivity contribution >= 4 is 28.1 Å². The normalized spacial score (nSPS) is 17.6. The molecule has 0 N–H and O–H groups in total. The van der Waals surface area contributed by atoms with Crippen LogP contribution in [0.15, 0.2) is 13.3 Å². The SMILES string of the molecule is C1=[CH][Sb][N]=C1. The molecule has 1 aliphatic rings. The molecule has 0 aromatic rings. The first-order valence-electron chi connectivity index (χ1n) is 1.38. The molecule has 0 saturated heterocycles. The number of nitrogens with zero attached hydrogens (tertiary/aromatic N) is 1. The van der Waals surface area contributed by atoms with Crippen molar-refractivity contribution in [1.82, 2.24) is 0 Å². The Hall–Kier alpha value is 0.228. The Morgan fingerprint density at radius 2 is 2.60 bits per heavy atom. The first-order chi connectivity index (χ1) is 2.50. The summed E-state index contributed by atoms with van der Waals surface area (Å²) in [5.41, 5.74) is 0. The molecule has 25 valence electrons. The number of allylic oxidation sites excluding steroid dienone is 1. The molecule has 5 heavy (non-hydrogen) atoms. The molecular formula is C3H3NSb. The second-order valence-corrected chi connectivity index (χ2v) is 2.89. The predicted octanol–water partition coefficient (Wildman–Crippen LogP) is 0.204. The molecule has 1 radical (unpaired) electrons. The minimum absolute atomic E-state index is 0.144. The van der Waals surface area contributed by atoms with E-state index in [0.29, 0.717) is 0 Å². The van der Waals surface area contributed by atoms with E-state index in [2.05, 4.69) is 7.17 Å². The van der Waals surface area contributed by atoms with E-state index in [1.165, 1.54) is 0 Å². The summed E-state index contributed by atoms with van der Waals surface area (Å²) in [7, 11) is 0. The van der Waals surface area contributed by atoms with Crippen LogP contribution in [0.4, 0.5) is 0 Å². The Kier molecular flexibility index (Phi) is 1.10. The van der Waals surface area contributed by atoms with Crippen LogP contribution in [-0.4, -0.2) is 28.1 Å². The van der Waals surface area contributed by atoms with E-state index in [1.807, 2.05) is 12.3 Å². The molecule has 0 fully saturated rings. The van der Waals surface area contributed by atoms with Crippen molar-refractivity contribution in [1.29, 1.82) is 0 Å². The van der Waals surface area contributed by atoms with Crippen molar-refractivity contribution < 1.29 is 0 Å². The van der Waals surface area contributed by atoms with E-state index in [0.717, 1.165) is 0 Å². The maximum atomic E-state index is 4.00. The molecule has 0 atom stereocenters.